The van der Waals surface area contributed by atoms with Gasteiger partial charge in [-0.3, -0.25) is 14.5 Å². The third kappa shape index (κ3) is 3.58. The number of halogens is 1. The van der Waals surface area contributed by atoms with Crippen molar-refractivity contribution in [3.63, 3.8) is 0 Å². The summed E-state index contributed by atoms with van der Waals surface area (Å²) in [5.41, 5.74) is -1.72. The second-order valence-electron chi connectivity index (χ2n) is 6.97. The molecular weight excluding hydrogens is 400 g/mol. The van der Waals surface area contributed by atoms with Gasteiger partial charge in [0, 0.05) is 4.47 Å². The van der Waals surface area contributed by atoms with Gasteiger partial charge >= 0.3 is 6.03 Å². The Morgan fingerprint density at radius 3 is 2.65 bits per heavy atom. The lowest BCUT2D eigenvalue weighted by molar-refractivity contribution is -0.135. The van der Waals surface area contributed by atoms with Crippen LogP contribution in [0.15, 0.2) is 28.7 Å². The largest absolute Gasteiger partial charge is 0.336 e. The van der Waals surface area contributed by atoms with E-state index in [2.05, 4.69) is 32.6 Å². The van der Waals surface area contributed by atoms with Crippen LogP contribution in [0.5, 0.6) is 0 Å². The summed E-state index contributed by atoms with van der Waals surface area (Å²) in [4.78, 5) is 38.3. The van der Waals surface area contributed by atoms with E-state index in [1.165, 1.54) is 0 Å². The van der Waals surface area contributed by atoms with Crippen LogP contribution in [-0.2, 0) is 15.1 Å². The molecule has 0 aromatic heterocycles. The molecule has 2 N–H and O–H groups in total. The first-order chi connectivity index (χ1) is 12.0. The van der Waals surface area contributed by atoms with Crippen LogP contribution in [0.3, 0.4) is 0 Å². The minimum atomic E-state index is -1.25. The van der Waals surface area contributed by atoms with Crippen LogP contribution in [0.4, 0.5) is 4.79 Å². The topological polar surface area (TPSA) is 102 Å². The molecule has 2 rings (SSSR count). The number of hydrogen-bond acceptors (Lipinski definition) is 4. The van der Waals surface area contributed by atoms with Crippen molar-refractivity contribution in [2.75, 3.05) is 6.54 Å². The molecule has 2 atom stereocenters. The Bertz CT molecular complexity index is 804. The highest BCUT2D eigenvalue weighted by Gasteiger charge is 2.49. The van der Waals surface area contributed by atoms with Crippen molar-refractivity contribution in [2.24, 2.45) is 5.92 Å². The average molecular weight is 421 g/mol. The molecule has 2 unspecified atom stereocenters. The van der Waals surface area contributed by atoms with E-state index in [1.54, 1.807) is 32.0 Å². The van der Waals surface area contributed by atoms with Gasteiger partial charge in [-0.1, -0.05) is 41.9 Å². The molecule has 8 heteroatoms. The van der Waals surface area contributed by atoms with E-state index < -0.39 is 35.5 Å². The van der Waals surface area contributed by atoms with Crippen molar-refractivity contribution in [1.29, 1.82) is 5.26 Å². The summed E-state index contributed by atoms with van der Waals surface area (Å²) >= 11 is 3.35. The van der Waals surface area contributed by atoms with Gasteiger partial charge in [-0.2, -0.15) is 5.26 Å². The Morgan fingerprint density at radius 2 is 2.12 bits per heavy atom. The molecule has 0 spiro atoms. The highest BCUT2D eigenvalue weighted by atomic mass is 79.9. The van der Waals surface area contributed by atoms with E-state index in [1.807, 2.05) is 19.9 Å². The summed E-state index contributed by atoms with van der Waals surface area (Å²) in [7, 11) is 0. The lowest BCUT2D eigenvalue weighted by Gasteiger charge is -2.28. The molecule has 1 fully saturated rings. The Balaban J connectivity index is 2.19. The van der Waals surface area contributed by atoms with Crippen molar-refractivity contribution >= 4 is 33.8 Å². The molecule has 1 aliphatic rings. The highest BCUT2D eigenvalue weighted by molar-refractivity contribution is 9.10. The number of urea groups is 1. The molecule has 1 aromatic carbocycles. The number of hydrogen-bond donors (Lipinski definition) is 2. The van der Waals surface area contributed by atoms with Gasteiger partial charge in [0.05, 0.1) is 6.07 Å². The number of carbonyl (C=O) groups excluding carboxylic acids is 3. The maximum atomic E-state index is 12.8. The molecule has 1 saturated heterocycles. The van der Waals surface area contributed by atoms with Gasteiger partial charge in [-0.05, 0) is 37.5 Å². The first kappa shape index (κ1) is 19.9. The quantitative estimate of drug-likeness (QED) is 0.712. The van der Waals surface area contributed by atoms with Crippen molar-refractivity contribution in [1.82, 2.24) is 15.5 Å². The zero-order valence-electron chi connectivity index (χ0n) is 15.1. The molecule has 1 heterocycles. The fraction of sp³-hybridized carbons (Fsp3) is 0.444. The van der Waals surface area contributed by atoms with Gasteiger partial charge in [0.1, 0.15) is 17.6 Å². The number of rotatable bonds is 5. The summed E-state index contributed by atoms with van der Waals surface area (Å²) in [6.45, 7) is 6.37. The Labute approximate surface area is 160 Å². The first-order valence-corrected chi connectivity index (χ1v) is 8.95. The molecule has 0 bridgehead atoms. The lowest BCUT2D eigenvalue weighted by Crippen LogP contribution is -2.52. The molecule has 1 aliphatic heterocycles. The van der Waals surface area contributed by atoms with Crippen LogP contribution in [0.1, 0.15) is 33.3 Å². The van der Waals surface area contributed by atoms with Crippen molar-refractivity contribution in [3.05, 3.63) is 34.3 Å². The Kier molecular flexibility index (Phi) is 5.42. The molecule has 0 saturated carbocycles. The number of imide groups is 1. The molecule has 138 valence electrons. The smallest absolute Gasteiger partial charge is 0.325 e. The molecule has 26 heavy (non-hydrogen) atoms. The van der Waals surface area contributed by atoms with E-state index in [0.717, 1.165) is 9.37 Å². The summed E-state index contributed by atoms with van der Waals surface area (Å²) in [6, 6.07) is 8.48. The number of amides is 4. The Hall–Kier alpha value is -2.40. The van der Waals surface area contributed by atoms with Crippen LogP contribution < -0.4 is 10.6 Å². The summed E-state index contributed by atoms with van der Waals surface area (Å²) < 4.78 is 0.774. The second kappa shape index (κ2) is 7.08. The Morgan fingerprint density at radius 1 is 1.46 bits per heavy atom. The van der Waals surface area contributed by atoms with Crippen molar-refractivity contribution in [2.45, 2.75) is 38.8 Å². The molecule has 1 aromatic rings. The molecule has 4 amide bonds. The normalized spacial score (nSPS) is 22.0. The molecular formula is C18H21BrN4O3. The number of carbonyl (C=O) groups is 3. The molecule has 0 aliphatic carbocycles. The van der Waals surface area contributed by atoms with Gasteiger partial charge in [-0.15, -0.1) is 0 Å². The zero-order chi connectivity index (χ0) is 19.7. The molecule has 0 radical (unpaired) electrons. The minimum absolute atomic E-state index is 0.133. The average Bonchev–Trinajstić information content (AvgIpc) is 2.79. The highest BCUT2D eigenvalue weighted by Crippen LogP contribution is 2.30. The SMILES string of the molecule is CC(C)C(C)(C#N)NC(=O)CN1C(=O)NC(C)(c2cccc(Br)c2)C1=O. The van der Waals surface area contributed by atoms with E-state index in [4.69, 9.17) is 0 Å². The summed E-state index contributed by atoms with van der Waals surface area (Å²) in [6.07, 6.45) is 0. The second-order valence-corrected chi connectivity index (χ2v) is 7.89. The van der Waals surface area contributed by atoms with Crippen LogP contribution >= 0.6 is 15.9 Å². The van der Waals surface area contributed by atoms with E-state index >= 15 is 0 Å². The predicted octanol–water partition coefficient (Wildman–Crippen LogP) is 2.27. The van der Waals surface area contributed by atoms with Crippen molar-refractivity contribution in [3.8, 4) is 6.07 Å². The number of nitrogens with zero attached hydrogens (tertiary/aromatic N) is 2. The number of nitrogens with one attached hydrogen (secondary N) is 2. The van der Waals surface area contributed by atoms with Crippen LogP contribution in [-0.4, -0.2) is 34.8 Å². The molecule has 7 nitrogen and oxygen atoms in total. The van der Waals surface area contributed by atoms with Crippen LogP contribution in [0.25, 0.3) is 0 Å². The number of nitriles is 1. The van der Waals surface area contributed by atoms with Gasteiger partial charge in [0.15, 0.2) is 0 Å². The predicted molar refractivity (Wildman–Crippen MR) is 98.7 cm³/mol. The standard InChI is InChI=1S/C18H21BrN4O3/c1-11(2)17(3,10-20)21-14(24)9-23-15(25)18(4,22-16(23)26)12-6-5-7-13(19)8-12/h5-8,11H,9H2,1-4H3,(H,21,24)(H,22,26). The maximum absolute atomic E-state index is 12.8. The lowest BCUT2D eigenvalue weighted by atomic mass is 9.90. The van der Waals surface area contributed by atoms with Gasteiger partial charge in [-0.25, -0.2) is 4.79 Å². The summed E-state index contributed by atoms with van der Waals surface area (Å²) in [5, 5.41) is 14.6. The monoisotopic (exact) mass is 420 g/mol. The third-order valence-corrected chi connectivity index (χ3v) is 5.26. The van der Waals surface area contributed by atoms with E-state index in [9.17, 15) is 19.6 Å². The van der Waals surface area contributed by atoms with Gasteiger partial charge in [0.2, 0.25) is 5.91 Å². The fourth-order valence-electron chi connectivity index (χ4n) is 2.61. The summed E-state index contributed by atoms with van der Waals surface area (Å²) in [5.74, 6) is -1.21. The third-order valence-electron chi connectivity index (χ3n) is 4.76. The fourth-order valence-corrected chi connectivity index (χ4v) is 3.01. The van der Waals surface area contributed by atoms with E-state index in [0.29, 0.717) is 5.56 Å². The number of benzene rings is 1. The minimum Gasteiger partial charge on any atom is -0.336 e. The van der Waals surface area contributed by atoms with Crippen LogP contribution in [0.2, 0.25) is 0 Å². The zero-order valence-corrected chi connectivity index (χ0v) is 16.7. The van der Waals surface area contributed by atoms with Gasteiger partial charge < -0.3 is 10.6 Å². The first-order valence-electron chi connectivity index (χ1n) is 8.16. The maximum Gasteiger partial charge on any atom is 0.325 e. The van der Waals surface area contributed by atoms with Crippen LogP contribution in [0, 0.1) is 17.2 Å². The van der Waals surface area contributed by atoms with Crippen molar-refractivity contribution < 1.29 is 14.4 Å². The van der Waals surface area contributed by atoms with E-state index in [-0.39, 0.29) is 5.92 Å². The van der Waals surface area contributed by atoms with Gasteiger partial charge in [0.25, 0.3) is 5.91 Å².